The van der Waals surface area contributed by atoms with Crippen LogP contribution in [0.4, 0.5) is 0 Å². The Morgan fingerprint density at radius 2 is 1.85 bits per heavy atom. The average Bonchev–Trinajstić information content (AvgIpc) is 2.39. The van der Waals surface area contributed by atoms with Crippen molar-refractivity contribution in [2.24, 2.45) is 11.3 Å². The van der Waals surface area contributed by atoms with Gasteiger partial charge in [0.15, 0.2) is 0 Å². The molecule has 1 aliphatic rings. The number of Topliss-reactive ketones (excluding diaryl/α,β-unsaturated/α-hetero) is 1. The van der Waals surface area contributed by atoms with E-state index in [-0.39, 0.29) is 24.8 Å². The molecule has 0 aromatic heterocycles. The highest BCUT2D eigenvalue weighted by Crippen LogP contribution is 2.42. The van der Waals surface area contributed by atoms with Crippen LogP contribution in [0.15, 0.2) is 0 Å². The fourth-order valence-corrected chi connectivity index (χ4v) is 2.89. The molecule has 0 heterocycles. The second kappa shape index (κ2) is 7.41. The molecule has 0 spiro atoms. The van der Waals surface area contributed by atoms with E-state index in [1.807, 2.05) is 0 Å². The number of hydrogen-bond acceptors (Lipinski definition) is 5. The van der Waals surface area contributed by atoms with Crippen molar-refractivity contribution in [2.75, 3.05) is 13.2 Å². The van der Waals surface area contributed by atoms with Crippen LogP contribution >= 0.6 is 0 Å². The third-order valence-electron chi connectivity index (χ3n) is 3.98. The molecule has 0 N–H and O–H groups in total. The van der Waals surface area contributed by atoms with Crippen molar-refractivity contribution < 1.29 is 23.9 Å². The SMILES string of the molecule is CCOC(=O)C[C@@H](C)[C@]1(C(=O)OCC)CCCCC1=O. The first-order valence-corrected chi connectivity index (χ1v) is 7.35. The Bertz CT molecular complexity index is 376. The van der Waals surface area contributed by atoms with Crippen LogP contribution in [-0.4, -0.2) is 30.9 Å². The van der Waals surface area contributed by atoms with Crippen LogP contribution in [-0.2, 0) is 23.9 Å². The molecule has 1 fully saturated rings. The summed E-state index contributed by atoms with van der Waals surface area (Å²) < 4.78 is 10.0. The van der Waals surface area contributed by atoms with Crippen molar-refractivity contribution in [3.05, 3.63) is 0 Å². The van der Waals surface area contributed by atoms with E-state index in [1.54, 1.807) is 20.8 Å². The van der Waals surface area contributed by atoms with E-state index < -0.39 is 17.3 Å². The minimum Gasteiger partial charge on any atom is -0.466 e. The smallest absolute Gasteiger partial charge is 0.319 e. The zero-order chi connectivity index (χ0) is 15.2. The molecule has 0 amide bonds. The van der Waals surface area contributed by atoms with Gasteiger partial charge in [-0.15, -0.1) is 0 Å². The minimum absolute atomic E-state index is 0.0679. The molecule has 0 bridgehead atoms. The monoisotopic (exact) mass is 284 g/mol. The zero-order valence-corrected chi connectivity index (χ0v) is 12.6. The van der Waals surface area contributed by atoms with Crippen LogP contribution in [0.2, 0.25) is 0 Å². The van der Waals surface area contributed by atoms with Gasteiger partial charge in [0.05, 0.1) is 13.2 Å². The minimum atomic E-state index is -1.17. The summed E-state index contributed by atoms with van der Waals surface area (Å²) in [5, 5.41) is 0. The molecule has 0 unspecified atom stereocenters. The third kappa shape index (κ3) is 3.38. The van der Waals surface area contributed by atoms with Crippen molar-refractivity contribution in [2.45, 2.75) is 52.9 Å². The summed E-state index contributed by atoms with van der Waals surface area (Å²) in [5.74, 6) is -1.35. The van der Waals surface area contributed by atoms with Crippen LogP contribution in [0, 0.1) is 11.3 Å². The van der Waals surface area contributed by atoms with Crippen LogP contribution in [0.5, 0.6) is 0 Å². The molecule has 2 atom stereocenters. The second-order valence-corrected chi connectivity index (χ2v) is 5.23. The lowest BCUT2D eigenvalue weighted by atomic mass is 9.64. The number of carbonyl (C=O) groups is 3. The molecule has 5 nitrogen and oxygen atoms in total. The lowest BCUT2D eigenvalue weighted by Crippen LogP contribution is -2.48. The molecule has 0 aromatic carbocycles. The van der Waals surface area contributed by atoms with Crippen molar-refractivity contribution >= 4 is 17.7 Å². The third-order valence-corrected chi connectivity index (χ3v) is 3.98. The fourth-order valence-electron chi connectivity index (χ4n) is 2.89. The Balaban J connectivity index is 2.94. The highest BCUT2D eigenvalue weighted by molar-refractivity contribution is 6.05. The topological polar surface area (TPSA) is 69.7 Å². The van der Waals surface area contributed by atoms with Gasteiger partial charge in [0.2, 0.25) is 0 Å². The first kappa shape index (κ1) is 16.7. The van der Waals surface area contributed by atoms with Gasteiger partial charge in [0.25, 0.3) is 0 Å². The van der Waals surface area contributed by atoms with Gasteiger partial charge in [-0.25, -0.2) is 0 Å². The molecule has 0 aromatic rings. The molecule has 0 radical (unpaired) electrons. The Morgan fingerprint density at radius 1 is 1.20 bits per heavy atom. The van der Waals surface area contributed by atoms with Crippen molar-refractivity contribution in [3.63, 3.8) is 0 Å². The van der Waals surface area contributed by atoms with Crippen molar-refractivity contribution in [1.29, 1.82) is 0 Å². The molecule has 1 aliphatic carbocycles. The highest BCUT2D eigenvalue weighted by atomic mass is 16.5. The Kier molecular flexibility index (Phi) is 6.17. The number of hydrogen-bond donors (Lipinski definition) is 0. The summed E-state index contributed by atoms with van der Waals surface area (Å²) in [6.45, 7) is 5.74. The maximum atomic E-state index is 12.4. The lowest BCUT2D eigenvalue weighted by Gasteiger charge is -2.37. The molecular formula is C15H24O5. The van der Waals surface area contributed by atoms with Gasteiger partial charge >= 0.3 is 11.9 Å². The van der Waals surface area contributed by atoms with Crippen LogP contribution in [0.1, 0.15) is 52.9 Å². The van der Waals surface area contributed by atoms with E-state index in [4.69, 9.17) is 9.47 Å². The van der Waals surface area contributed by atoms with E-state index in [0.29, 0.717) is 19.4 Å². The van der Waals surface area contributed by atoms with Gasteiger partial charge in [0, 0.05) is 12.8 Å². The van der Waals surface area contributed by atoms with Crippen LogP contribution in [0.25, 0.3) is 0 Å². The summed E-state index contributed by atoms with van der Waals surface area (Å²) in [6, 6.07) is 0. The molecule has 1 rings (SSSR count). The molecule has 20 heavy (non-hydrogen) atoms. The van der Waals surface area contributed by atoms with Gasteiger partial charge in [-0.1, -0.05) is 13.3 Å². The van der Waals surface area contributed by atoms with E-state index in [2.05, 4.69) is 0 Å². The summed E-state index contributed by atoms with van der Waals surface area (Å²) in [7, 11) is 0. The van der Waals surface area contributed by atoms with E-state index in [9.17, 15) is 14.4 Å². The lowest BCUT2D eigenvalue weighted by molar-refractivity contribution is -0.167. The van der Waals surface area contributed by atoms with Gasteiger partial charge in [-0.05, 0) is 32.6 Å². The standard InChI is InChI=1S/C15H24O5/c1-4-19-13(17)10-11(3)15(14(18)20-5-2)9-7-6-8-12(15)16/h11H,4-10H2,1-3H3/t11-,15-/m1/s1. The Morgan fingerprint density at radius 3 is 2.40 bits per heavy atom. The number of ketones is 1. The van der Waals surface area contributed by atoms with Gasteiger partial charge in [-0.3, -0.25) is 14.4 Å². The first-order valence-electron chi connectivity index (χ1n) is 7.35. The summed E-state index contributed by atoms with van der Waals surface area (Å²) in [4.78, 5) is 36.3. The highest BCUT2D eigenvalue weighted by Gasteiger charge is 2.52. The summed E-state index contributed by atoms with van der Waals surface area (Å²) in [6.07, 6.45) is 2.51. The van der Waals surface area contributed by atoms with Gasteiger partial charge < -0.3 is 9.47 Å². The quantitative estimate of drug-likeness (QED) is 0.553. The zero-order valence-electron chi connectivity index (χ0n) is 12.6. The maximum absolute atomic E-state index is 12.4. The normalized spacial score (nSPS) is 24.1. The molecule has 5 heteroatoms. The predicted octanol–water partition coefficient (Wildman–Crippen LogP) is 2.27. The fraction of sp³-hybridized carbons (Fsp3) is 0.800. The van der Waals surface area contributed by atoms with Crippen molar-refractivity contribution in [3.8, 4) is 0 Å². The number of esters is 2. The van der Waals surface area contributed by atoms with Crippen LogP contribution < -0.4 is 0 Å². The predicted molar refractivity (Wildman–Crippen MR) is 73.0 cm³/mol. The molecule has 114 valence electrons. The van der Waals surface area contributed by atoms with Gasteiger partial charge in [-0.2, -0.15) is 0 Å². The number of carbonyl (C=O) groups excluding carboxylic acids is 3. The largest absolute Gasteiger partial charge is 0.466 e. The summed E-state index contributed by atoms with van der Waals surface area (Å²) >= 11 is 0. The number of rotatable bonds is 6. The van der Waals surface area contributed by atoms with Crippen LogP contribution in [0.3, 0.4) is 0 Å². The first-order chi connectivity index (χ1) is 9.48. The average molecular weight is 284 g/mol. The molecule has 0 aliphatic heterocycles. The second-order valence-electron chi connectivity index (χ2n) is 5.23. The maximum Gasteiger partial charge on any atom is 0.319 e. The van der Waals surface area contributed by atoms with Gasteiger partial charge in [0.1, 0.15) is 11.2 Å². The Labute approximate surface area is 120 Å². The molecule has 0 saturated heterocycles. The summed E-state index contributed by atoms with van der Waals surface area (Å²) in [5.41, 5.74) is -1.17. The molecule has 1 saturated carbocycles. The Hall–Kier alpha value is -1.39. The molecular weight excluding hydrogens is 260 g/mol. The van der Waals surface area contributed by atoms with E-state index in [1.165, 1.54) is 0 Å². The van der Waals surface area contributed by atoms with E-state index in [0.717, 1.165) is 12.8 Å². The van der Waals surface area contributed by atoms with Crippen molar-refractivity contribution in [1.82, 2.24) is 0 Å². The van der Waals surface area contributed by atoms with E-state index >= 15 is 0 Å². The number of ether oxygens (including phenoxy) is 2.